The van der Waals surface area contributed by atoms with Crippen LogP contribution >= 0.6 is 11.8 Å². The quantitative estimate of drug-likeness (QED) is 0.787. The summed E-state index contributed by atoms with van der Waals surface area (Å²) in [7, 11) is 0. The fourth-order valence-corrected chi connectivity index (χ4v) is 3.47. The monoisotopic (exact) mass is 350 g/mol. The van der Waals surface area contributed by atoms with Gasteiger partial charge in [-0.1, -0.05) is 33.1 Å². The van der Waals surface area contributed by atoms with Crippen LogP contribution in [0.5, 0.6) is 0 Å². The van der Waals surface area contributed by atoms with Gasteiger partial charge in [0.1, 0.15) is 6.33 Å². The molecule has 1 fully saturated rings. The molecule has 1 aliphatic carbocycles. The molecular weight excluding hydrogens is 324 g/mol. The fraction of sp³-hybridized carbons (Fsp3) is 0.647. The predicted molar refractivity (Wildman–Crippen MR) is 95.9 cm³/mol. The highest BCUT2D eigenvalue weighted by Gasteiger charge is 2.34. The van der Waals surface area contributed by atoms with E-state index in [0.29, 0.717) is 23.1 Å². The maximum atomic E-state index is 12.3. The molecule has 2 N–H and O–H groups in total. The molecule has 0 unspecified atom stereocenters. The third-order valence-electron chi connectivity index (χ3n) is 4.17. The van der Waals surface area contributed by atoms with Crippen LogP contribution in [0.4, 0.5) is 0 Å². The molecule has 24 heavy (non-hydrogen) atoms. The normalized spacial score (nSPS) is 16.6. The van der Waals surface area contributed by atoms with E-state index >= 15 is 0 Å². The number of carbonyl (C=O) groups excluding carboxylic acids is 2. The summed E-state index contributed by atoms with van der Waals surface area (Å²) in [6, 6.07) is 0. The largest absolute Gasteiger partial charge is 0.350 e. The maximum Gasteiger partial charge on any atom is 0.254 e. The van der Waals surface area contributed by atoms with Crippen molar-refractivity contribution in [2.45, 2.75) is 56.7 Å². The van der Waals surface area contributed by atoms with Crippen LogP contribution in [0.25, 0.3) is 0 Å². The highest BCUT2D eigenvalue weighted by Crippen LogP contribution is 2.28. The standard InChI is InChI=1S/C17H26N4O2S/c1-13(2)24-10-15(22)21-17(6-4-3-5-7-17)11-20-16(23)14-8-18-12-19-9-14/h8-9,12-13H,3-7,10-11H2,1-2H3,(H,20,23)(H,21,22). The van der Waals surface area contributed by atoms with Gasteiger partial charge in [-0.15, -0.1) is 11.8 Å². The van der Waals surface area contributed by atoms with Gasteiger partial charge in [-0.3, -0.25) is 9.59 Å². The fourth-order valence-electron chi connectivity index (χ4n) is 2.92. The Hall–Kier alpha value is -1.63. The van der Waals surface area contributed by atoms with Gasteiger partial charge < -0.3 is 10.6 Å². The second kappa shape index (κ2) is 9.01. The van der Waals surface area contributed by atoms with Gasteiger partial charge in [0.25, 0.3) is 5.91 Å². The minimum atomic E-state index is -0.335. The van der Waals surface area contributed by atoms with E-state index in [9.17, 15) is 9.59 Å². The molecule has 1 aliphatic rings. The SMILES string of the molecule is CC(C)SCC(=O)NC1(CNC(=O)c2cncnc2)CCCCC1. The van der Waals surface area contributed by atoms with Crippen LogP contribution in [0.3, 0.4) is 0 Å². The zero-order valence-electron chi connectivity index (χ0n) is 14.4. The summed E-state index contributed by atoms with van der Waals surface area (Å²) in [5, 5.41) is 6.55. The van der Waals surface area contributed by atoms with Gasteiger partial charge in [-0.25, -0.2) is 9.97 Å². The molecule has 6 nitrogen and oxygen atoms in total. The molecule has 1 heterocycles. The lowest BCUT2D eigenvalue weighted by atomic mass is 9.81. The van der Waals surface area contributed by atoms with Crippen molar-refractivity contribution in [3.05, 3.63) is 24.3 Å². The number of nitrogens with one attached hydrogen (secondary N) is 2. The maximum absolute atomic E-state index is 12.3. The second-order valence-electron chi connectivity index (χ2n) is 6.56. The van der Waals surface area contributed by atoms with Crippen molar-refractivity contribution in [2.75, 3.05) is 12.3 Å². The third kappa shape index (κ3) is 5.78. The molecule has 0 aliphatic heterocycles. The number of nitrogens with zero attached hydrogens (tertiary/aromatic N) is 2. The Balaban J connectivity index is 1.94. The average Bonchev–Trinajstić information content (AvgIpc) is 2.59. The molecule has 0 atom stereocenters. The lowest BCUT2D eigenvalue weighted by Crippen LogP contribution is -2.57. The van der Waals surface area contributed by atoms with Crippen molar-refractivity contribution >= 4 is 23.6 Å². The summed E-state index contributed by atoms with van der Waals surface area (Å²) >= 11 is 1.63. The van der Waals surface area contributed by atoms with E-state index in [4.69, 9.17) is 0 Å². The number of amides is 2. The summed E-state index contributed by atoms with van der Waals surface area (Å²) in [5.41, 5.74) is 0.100. The number of hydrogen-bond acceptors (Lipinski definition) is 5. The first kappa shape index (κ1) is 18.7. The Morgan fingerprint density at radius 1 is 1.21 bits per heavy atom. The number of thioether (sulfide) groups is 1. The molecular formula is C17H26N4O2S. The van der Waals surface area contributed by atoms with E-state index in [1.54, 1.807) is 11.8 Å². The second-order valence-corrected chi connectivity index (χ2v) is 8.12. The molecule has 0 spiro atoms. The highest BCUT2D eigenvalue weighted by molar-refractivity contribution is 8.00. The van der Waals surface area contributed by atoms with E-state index in [2.05, 4.69) is 34.4 Å². The van der Waals surface area contributed by atoms with Crippen molar-refractivity contribution in [3.8, 4) is 0 Å². The Morgan fingerprint density at radius 2 is 1.88 bits per heavy atom. The molecule has 2 rings (SSSR count). The highest BCUT2D eigenvalue weighted by atomic mass is 32.2. The Morgan fingerprint density at radius 3 is 2.50 bits per heavy atom. The Kier molecular flexibility index (Phi) is 7.02. The molecule has 0 aromatic carbocycles. The average molecular weight is 350 g/mol. The summed E-state index contributed by atoms with van der Waals surface area (Å²) in [4.78, 5) is 32.2. The topological polar surface area (TPSA) is 84.0 Å². The Bertz CT molecular complexity index is 545. The van der Waals surface area contributed by atoms with E-state index in [1.807, 2.05) is 0 Å². The molecule has 7 heteroatoms. The minimum absolute atomic E-state index is 0.0490. The lowest BCUT2D eigenvalue weighted by Gasteiger charge is -2.38. The number of rotatable bonds is 7. The molecule has 0 radical (unpaired) electrons. The minimum Gasteiger partial charge on any atom is -0.350 e. The van der Waals surface area contributed by atoms with Gasteiger partial charge in [0.2, 0.25) is 5.91 Å². The first-order chi connectivity index (χ1) is 11.5. The van der Waals surface area contributed by atoms with Crippen molar-refractivity contribution in [3.63, 3.8) is 0 Å². The lowest BCUT2D eigenvalue weighted by molar-refractivity contribution is -0.120. The van der Waals surface area contributed by atoms with Gasteiger partial charge in [0, 0.05) is 18.9 Å². The summed E-state index contributed by atoms with van der Waals surface area (Å²) in [5.74, 6) is 0.305. The van der Waals surface area contributed by atoms with E-state index < -0.39 is 0 Å². The zero-order valence-corrected chi connectivity index (χ0v) is 15.2. The van der Waals surface area contributed by atoms with Crippen LogP contribution in [-0.2, 0) is 4.79 Å². The summed E-state index contributed by atoms with van der Waals surface area (Å²) < 4.78 is 0. The molecule has 132 valence electrons. The molecule has 1 aromatic heterocycles. The number of carbonyl (C=O) groups is 2. The van der Waals surface area contributed by atoms with Crippen LogP contribution in [0.15, 0.2) is 18.7 Å². The summed E-state index contributed by atoms with van der Waals surface area (Å²) in [6.07, 6.45) is 9.50. The van der Waals surface area contributed by atoms with Gasteiger partial charge in [-0.05, 0) is 18.1 Å². The number of hydrogen-bond donors (Lipinski definition) is 2. The van der Waals surface area contributed by atoms with E-state index in [1.165, 1.54) is 25.1 Å². The van der Waals surface area contributed by atoms with Crippen LogP contribution in [-0.4, -0.2) is 44.9 Å². The van der Waals surface area contributed by atoms with Crippen molar-refractivity contribution in [2.24, 2.45) is 0 Å². The first-order valence-corrected chi connectivity index (χ1v) is 9.51. The van der Waals surface area contributed by atoms with Gasteiger partial charge in [0.15, 0.2) is 0 Å². The van der Waals surface area contributed by atoms with Gasteiger partial charge in [0.05, 0.1) is 16.9 Å². The smallest absolute Gasteiger partial charge is 0.254 e. The van der Waals surface area contributed by atoms with Crippen LogP contribution in [0.2, 0.25) is 0 Å². The molecule has 1 saturated carbocycles. The molecule has 2 amide bonds. The zero-order chi connectivity index (χ0) is 17.4. The molecule has 0 bridgehead atoms. The molecule has 1 aromatic rings. The first-order valence-electron chi connectivity index (χ1n) is 8.47. The van der Waals surface area contributed by atoms with E-state index in [0.717, 1.165) is 25.7 Å². The van der Waals surface area contributed by atoms with E-state index in [-0.39, 0.29) is 17.4 Å². The number of aromatic nitrogens is 2. The van der Waals surface area contributed by atoms with Crippen molar-refractivity contribution in [1.82, 2.24) is 20.6 Å². The van der Waals surface area contributed by atoms with Crippen LogP contribution < -0.4 is 10.6 Å². The van der Waals surface area contributed by atoms with Gasteiger partial charge >= 0.3 is 0 Å². The van der Waals surface area contributed by atoms with Crippen molar-refractivity contribution in [1.29, 1.82) is 0 Å². The molecule has 0 saturated heterocycles. The van der Waals surface area contributed by atoms with Gasteiger partial charge in [-0.2, -0.15) is 0 Å². The van der Waals surface area contributed by atoms with Crippen LogP contribution in [0, 0.1) is 0 Å². The van der Waals surface area contributed by atoms with Crippen LogP contribution in [0.1, 0.15) is 56.3 Å². The third-order valence-corrected chi connectivity index (χ3v) is 5.27. The predicted octanol–water partition coefficient (Wildman–Crippen LogP) is 2.17. The summed E-state index contributed by atoms with van der Waals surface area (Å²) in [6.45, 7) is 4.60. The Labute approximate surface area is 147 Å². The van der Waals surface area contributed by atoms with Crippen molar-refractivity contribution < 1.29 is 9.59 Å².